The highest BCUT2D eigenvalue weighted by Gasteiger charge is 2.22. The number of carbonyl (C=O) groups excluding carboxylic acids is 2. The van der Waals surface area contributed by atoms with Gasteiger partial charge in [-0.05, 0) is 43.7 Å². The molecule has 3 amide bonds. The summed E-state index contributed by atoms with van der Waals surface area (Å²) in [6.07, 6.45) is 3.88. The molecule has 2 aliphatic heterocycles. The molecule has 3 rings (SSSR count). The standard InChI is InChI=1S/C22H34N6O2/c1-2-24-22(26-19-10-14-27(15-11-19)21(23)30)25-12-5-8-20(29)28-13-9-17-6-3-4-7-18(17)16-28/h3-4,6-7,19H,2,5,8-16H2,1H3,(H2,23,30)(H2,24,25,26). The Morgan fingerprint density at radius 1 is 1.13 bits per heavy atom. The van der Waals surface area contributed by atoms with Crippen molar-refractivity contribution in [1.29, 1.82) is 0 Å². The Labute approximate surface area is 178 Å². The fraction of sp³-hybridized carbons (Fsp3) is 0.591. The number of guanidine groups is 1. The zero-order valence-corrected chi connectivity index (χ0v) is 17.9. The largest absolute Gasteiger partial charge is 0.357 e. The molecule has 0 atom stereocenters. The van der Waals surface area contributed by atoms with Gasteiger partial charge >= 0.3 is 6.03 Å². The predicted octanol–water partition coefficient (Wildman–Crippen LogP) is 1.45. The quantitative estimate of drug-likeness (QED) is 0.372. The number of rotatable bonds is 6. The number of fused-ring (bicyclic) bond motifs is 1. The number of urea groups is 1. The van der Waals surface area contributed by atoms with Crippen molar-refractivity contribution < 1.29 is 9.59 Å². The number of primary amides is 1. The van der Waals surface area contributed by atoms with Gasteiger partial charge in [-0.3, -0.25) is 9.79 Å². The van der Waals surface area contributed by atoms with Gasteiger partial charge in [0, 0.05) is 51.7 Å². The molecular weight excluding hydrogens is 380 g/mol. The van der Waals surface area contributed by atoms with E-state index in [4.69, 9.17) is 5.73 Å². The van der Waals surface area contributed by atoms with Crippen LogP contribution in [0.3, 0.4) is 0 Å². The van der Waals surface area contributed by atoms with E-state index >= 15 is 0 Å². The van der Waals surface area contributed by atoms with Gasteiger partial charge in [0.2, 0.25) is 5.91 Å². The Hall–Kier alpha value is -2.77. The molecule has 0 aliphatic carbocycles. The van der Waals surface area contributed by atoms with Gasteiger partial charge in [-0.1, -0.05) is 24.3 Å². The highest BCUT2D eigenvalue weighted by Crippen LogP contribution is 2.19. The highest BCUT2D eigenvalue weighted by atomic mass is 16.2. The number of nitrogens with one attached hydrogen (secondary N) is 2. The second-order valence-corrected chi connectivity index (χ2v) is 7.94. The summed E-state index contributed by atoms with van der Waals surface area (Å²) in [5.41, 5.74) is 7.96. The molecule has 1 aromatic rings. The van der Waals surface area contributed by atoms with Crippen molar-refractivity contribution in [3.63, 3.8) is 0 Å². The smallest absolute Gasteiger partial charge is 0.314 e. The molecule has 4 N–H and O–H groups in total. The van der Waals surface area contributed by atoms with Crippen LogP contribution in [0.1, 0.15) is 43.7 Å². The Morgan fingerprint density at radius 3 is 2.57 bits per heavy atom. The number of hydrogen-bond donors (Lipinski definition) is 3. The van der Waals surface area contributed by atoms with Crippen molar-refractivity contribution in [1.82, 2.24) is 20.4 Å². The molecule has 2 aliphatic rings. The van der Waals surface area contributed by atoms with Crippen LogP contribution in [0.2, 0.25) is 0 Å². The van der Waals surface area contributed by atoms with Crippen LogP contribution < -0.4 is 16.4 Å². The van der Waals surface area contributed by atoms with E-state index < -0.39 is 0 Å². The molecule has 1 fully saturated rings. The van der Waals surface area contributed by atoms with Crippen LogP contribution in [-0.4, -0.2) is 66.5 Å². The number of aliphatic imine (C=N–C) groups is 1. The maximum absolute atomic E-state index is 12.6. The van der Waals surface area contributed by atoms with Crippen LogP contribution in [0.4, 0.5) is 4.79 Å². The van der Waals surface area contributed by atoms with E-state index in [9.17, 15) is 9.59 Å². The summed E-state index contributed by atoms with van der Waals surface area (Å²) < 4.78 is 0. The van der Waals surface area contributed by atoms with Gasteiger partial charge < -0.3 is 26.2 Å². The van der Waals surface area contributed by atoms with Gasteiger partial charge in [0.1, 0.15) is 0 Å². The lowest BCUT2D eigenvalue weighted by atomic mass is 9.99. The molecule has 0 aromatic heterocycles. The van der Waals surface area contributed by atoms with Gasteiger partial charge in [-0.15, -0.1) is 0 Å². The van der Waals surface area contributed by atoms with Gasteiger partial charge in [-0.2, -0.15) is 0 Å². The van der Waals surface area contributed by atoms with E-state index in [2.05, 4.69) is 33.8 Å². The average molecular weight is 415 g/mol. The van der Waals surface area contributed by atoms with Crippen molar-refractivity contribution in [2.45, 2.75) is 51.6 Å². The Morgan fingerprint density at radius 2 is 1.87 bits per heavy atom. The number of nitrogens with two attached hydrogens (primary N) is 1. The molecule has 0 radical (unpaired) electrons. The van der Waals surface area contributed by atoms with Crippen LogP contribution in [0, 0.1) is 0 Å². The van der Waals surface area contributed by atoms with Crippen molar-refractivity contribution in [2.75, 3.05) is 32.7 Å². The molecule has 2 heterocycles. The second kappa shape index (κ2) is 10.8. The van der Waals surface area contributed by atoms with E-state index in [0.29, 0.717) is 32.6 Å². The summed E-state index contributed by atoms with van der Waals surface area (Å²) in [5, 5.41) is 6.71. The number of amides is 3. The first-order chi connectivity index (χ1) is 14.6. The summed E-state index contributed by atoms with van der Waals surface area (Å²) in [6.45, 7) is 6.26. The normalized spacial score (nSPS) is 17.4. The van der Waals surface area contributed by atoms with E-state index in [1.54, 1.807) is 4.90 Å². The fourth-order valence-electron chi connectivity index (χ4n) is 4.05. The zero-order chi connectivity index (χ0) is 21.3. The lowest BCUT2D eigenvalue weighted by Gasteiger charge is -2.32. The summed E-state index contributed by atoms with van der Waals surface area (Å²) in [4.78, 5) is 32.1. The summed E-state index contributed by atoms with van der Waals surface area (Å²) in [7, 11) is 0. The molecule has 1 saturated heterocycles. The van der Waals surface area contributed by atoms with E-state index in [-0.39, 0.29) is 18.0 Å². The van der Waals surface area contributed by atoms with Crippen LogP contribution in [0.5, 0.6) is 0 Å². The first-order valence-corrected chi connectivity index (χ1v) is 11.0. The van der Waals surface area contributed by atoms with Gasteiger partial charge in [0.25, 0.3) is 0 Å². The van der Waals surface area contributed by atoms with E-state index in [1.807, 2.05) is 17.9 Å². The first kappa shape index (κ1) is 21.9. The predicted molar refractivity (Wildman–Crippen MR) is 118 cm³/mol. The van der Waals surface area contributed by atoms with Crippen molar-refractivity contribution >= 4 is 17.9 Å². The molecule has 8 nitrogen and oxygen atoms in total. The molecule has 30 heavy (non-hydrogen) atoms. The van der Waals surface area contributed by atoms with Crippen LogP contribution in [-0.2, 0) is 17.8 Å². The Bertz CT molecular complexity index is 758. The molecular formula is C22H34N6O2. The van der Waals surface area contributed by atoms with Crippen molar-refractivity contribution in [3.05, 3.63) is 35.4 Å². The Balaban J connectivity index is 1.41. The molecule has 164 valence electrons. The number of piperidine rings is 1. The number of nitrogens with zero attached hydrogens (tertiary/aromatic N) is 3. The molecule has 0 spiro atoms. The van der Waals surface area contributed by atoms with Gasteiger partial charge in [-0.25, -0.2) is 4.79 Å². The molecule has 8 heteroatoms. The fourth-order valence-corrected chi connectivity index (χ4v) is 4.05. The highest BCUT2D eigenvalue weighted by molar-refractivity contribution is 5.80. The molecule has 0 bridgehead atoms. The van der Waals surface area contributed by atoms with Crippen LogP contribution >= 0.6 is 0 Å². The molecule has 0 unspecified atom stereocenters. The second-order valence-electron chi connectivity index (χ2n) is 7.94. The van der Waals surface area contributed by atoms with Gasteiger partial charge in [0.05, 0.1) is 0 Å². The van der Waals surface area contributed by atoms with Crippen LogP contribution in [0.25, 0.3) is 0 Å². The summed E-state index contributed by atoms with van der Waals surface area (Å²) >= 11 is 0. The minimum atomic E-state index is -0.351. The molecule has 0 saturated carbocycles. The topological polar surface area (TPSA) is 103 Å². The average Bonchev–Trinajstić information content (AvgIpc) is 2.76. The van der Waals surface area contributed by atoms with E-state index in [1.165, 1.54) is 11.1 Å². The summed E-state index contributed by atoms with van der Waals surface area (Å²) in [6, 6.07) is 8.28. The van der Waals surface area contributed by atoms with Crippen LogP contribution in [0.15, 0.2) is 29.3 Å². The van der Waals surface area contributed by atoms with Gasteiger partial charge in [0.15, 0.2) is 5.96 Å². The third-order valence-electron chi connectivity index (χ3n) is 5.79. The SMILES string of the molecule is CCNC(=NCCCC(=O)N1CCc2ccccc2C1)NC1CCN(C(N)=O)CC1. The minimum absolute atomic E-state index is 0.205. The lowest BCUT2D eigenvalue weighted by molar-refractivity contribution is -0.132. The van der Waals surface area contributed by atoms with E-state index in [0.717, 1.165) is 44.7 Å². The Kier molecular flexibility index (Phi) is 7.93. The maximum atomic E-state index is 12.6. The third-order valence-corrected chi connectivity index (χ3v) is 5.79. The monoisotopic (exact) mass is 414 g/mol. The first-order valence-electron chi connectivity index (χ1n) is 11.0. The minimum Gasteiger partial charge on any atom is -0.357 e. The number of carbonyl (C=O) groups is 2. The number of benzene rings is 1. The van der Waals surface area contributed by atoms with Crippen molar-refractivity contribution in [3.8, 4) is 0 Å². The summed E-state index contributed by atoms with van der Waals surface area (Å²) in [5.74, 6) is 0.978. The molecule has 1 aromatic carbocycles. The lowest BCUT2D eigenvalue weighted by Crippen LogP contribution is -2.50. The number of likely N-dealkylation sites (tertiary alicyclic amines) is 1. The zero-order valence-electron chi connectivity index (χ0n) is 17.9. The third kappa shape index (κ3) is 6.11. The maximum Gasteiger partial charge on any atom is 0.314 e. The number of hydrogen-bond acceptors (Lipinski definition) is 3. The van der Waals surface area contributed by atoms with Crippen molar-refractivity contribution in [2.24, 2.45) is 10.7 Å².